The van der Waals surface area contributed by atoms with E-state index in [1.807, 2.05) is 6.92 Å². The van der Waals surface area contributed by atoms with Gasteiger partial charge in [-0.05, 0) is 97.1 Å². The van der Waals surface area contributed by atoms with Crippen molar-refractivity contribution in [1.29, 1.82) is 0 Å². The predicted molar refractivity (Wildman–Crippen MR) is 210 cm³/mol. The van der Waals surface area contributed by atoms with Crippen LogP contribution in [-0.2, 0) is 24.4 Å². The van der Waals surface area contributed by atoms with Crippen molar-refractivity contribution >= 4 is 44.6 Å². The lowest BCUT2D eigenvalue weighted by atomic mass is 9.85. The fourth-order valence-corrected chi connectivity index (χ4v) is 9.67. The third kappa shape index (κ3) is 8.14. The van der Waals surface area contributed by atoms with Crippen LogP contribution < -0.4 is 20.3 Å². The van der Waals surface area contributed by atoms with E-state index in [-0.39, 0.29) is 41.3 Å². The number of nitrogens with zero attached hydrogens (tertiary/aromatic N) is 4. The van der Waals surface area contributed by atoms with E-state index in [2.05, 4.69) is 15.1 Å². The van der Waals surface area contributed by atoms with Gasteiger partial charge in [0.05, 0.1) is 28.1 Å². The van der Waals surface area contributed by atoms with Crippen LogP contribution in [0.1, 0.15) is 99.5 Å². The maximum Gasteiger partial charge on any atom is 0.411 e. The summed E-state index contributed by atoms with van der Waals surface area (Å²) < 4.78 is 79.2. The number of carboxylic acid groups (broad SMARTS) is 1. The molecule has 19 heteroatoms. The summed E-state index contributed by atoms with van der Waals surface area (Å²) in [5, 5.41) is 18.2. The summed E-state index contributed by atoms with van der Waals surface area (Å²) in [6.45, 7) is 9.27. The Kier molecular flexibility index (Phi) is 11.5. The summed E-state index contributed by atoms with van der Waals surface area (Å²) in [6, 6.07) is 2.66. The first kappa shape index (κ1) is 43.9. The van der Waals surface area contributed by atoms with Crippen molar-refractivity contribution in [2.75, 3.05) is 6.54 Å². The van der Waals surface area contributed by atoms with Gasteiger partial charge in [-0.25, -0.2) is 17.9 Å². The highest BCUT2D eigenvalue weighted by Crippen LogP contribution is 2.48. The Balaban J connectivity index is 1.45. The van der Waals surface area contributed by atoms with Crippen molar-refractivity contribution in [3.05, 3.63) is 46.8 Å². The normalized spacial score (nSPS) is 28.8. The van der Waals surface area contributed by atoms with Gasteiger partial charge in [0.2, 0.25) is 27.7 Å². The molecular formula is C40H53F3N6O9S. The number of hydrogen-bond donors (Lipinski definition) is 3. The summed E-state index contributed by atoms with van der Waals surface area (Å²) in [6.07, 6.45) is -3.14. The minimum atomic E-state index is -5.11. The van der Waals surface area contributed by atoms with Gasteiger partial charge in [-0.2, -0.15) is 13.2 Å². The molecule has 6 rings (SSSR count). The fourth-order valence-electron chi connectivity index (χ4n) is 8.36. The van der Waals surface area contributed by atoms with Crippen LogP contribution in [-0.4, -0.2) is 104 Å². The van der Waals surface area contributed by atoms with Gasteiger partial charge < -0.3 is 20.1 Å². The number of nitrogens with one attached hydrogen (secondary N) is 2. The SMILES string of the molecule is CC(C)n1nc(O[C@@H]2C[C@H]3C(=O)N[C@]4(C(=O)NS(=O)(=O)C5(C)CC5)C[C@H]4C=CCC[C@H](C)C[C@@H](C)[C@H](N(C(=O)O)C(C)(C)C(F)(F)F)C(=O)N3C2)c2ccccc2c1=O. The molecule has 1 aromatic heterocycles. The largest absolute Gasteiger partial charge is 0.471 e. The molecule has 324 valence electrons. The Morgan fingerprint density at radius 3 is 2.32 bits per heavy atom. The van der Waals surface area contributed by atoms with E-state index in [9.17, 15) is 45.9 Å². The molecule has 7 atom stereocenters. The van der Waals surface area contributed by atoms with Gasteiger partial charge in [-0.15, -0.1) is 5.10 Å². The van der Waals surface area contributed by atoms with Gasteiger partial charge >= 0.3 is 12.3 Å². The van der Waals surface area contributed by atoms with E-state index in [4.69, 9.17) is 4.74 Å². The molecule has 0 spiro atoms. The molecule has 4 amide bonds. The van der Waals surface area contributed by atoms with Crippen LogP contribution in [0.2, 0.25) is 0 Å². The molecule has 15 nitrogen and oxygen atoms in total. The molecule has 3 heterocycles. The summed E-state index contributed by atoms with van der Waals surface area (Å²) >= 11 is 0. The smallest absolute Gasteiger partial charge is 0.411 e. The van der Waals surface area contributed by atoms with Crippen LogP contribution in [0.15, 0.2) is 41.2 Å². The third-order valence-electron chi connectivity index (χ3n) is 12.5. The molecule has 4 aliphatic rings. The van der Waals surface area contributed by atoms with Crippen molar-refractivity contribution in [2.45, 2.75) is 140 Å². The van der Waals surface area contributed by atoms with Gasteiger partial charge in [-0.3, -0.25) is 28.8 Å². The molecule has 1 saturated heterocycles. The number of benzene rings is 1. The lowest BCUT2D eigenvalue weighted by molar-refractivity contribution is -0.222. The predicted octanol–water partition coefficient (Wildman–Crippen LogP) is 4.90. The van der Waals surface area contributed by atoms with Gasteiger partial charge in [0.15, 0.2) is 0 Å². The van der Waals surface area contributed by atoms with E-state index in [0.717, 1.165) is 4.90 Å². The van der Waals surface area contributed by atoms with E-state index >= 15 is 4.79 Å². The van der Waals surface area contributed by atoms with Crippen LogP contribution in [0.4, 0.5) is 18.0 Å². The summed E-state index contributed by atoms with van der Waals surface area (Å²) in [4.78, 5) is 71.0. The molecule has 59 heavy (non-hydrogen) atoms. The second-order valence-electron chi connectivity index (χ2n) is 17.8. The Hall–Kier alpha value is -4.68. The minimum absolute atomic E-state index is 0.0133. The van der Waals surface area contributed by atoms with Gasteiger partial charge in [-0.1, -0.05) is 38.1 Å². The Morgan fingerprint density at radius 2 is 1.73 bits per heavy atom. The van der Waals surface area contributed by atoms with Crippen LogP contribution in [0, 0.1) is 17.8 Å². The molecular weight excluding hydrogens is 798 g/mol. The number of carbonyl (C=O) groups excluding carboxylic acids is 3. The first-order valence-corrected chi connectivity index (χ1v) is 21.5. The number of ether oxygens (including phenoxy) is 1. The molecule has 2 aliphatic heterocycles. The topological polar surface area (TPSA) is 197 Å². The number of alkyl halides is 3. The lowest BCUT2D eigenvalue weighted by Gasteiger charge is -2.45. The Labute approximate surface area is 340 Å². The quantitative estimate of drug-likeness (QED) is 0.307. The van der Waals surface area contributed by atoms with Crippen molar-refractivity contribution in [1.82, 2.24) is 29.6 Å². The number of halogens is 3. The number of allylic oxidation sites excluding steroid dienone is 1. The highest BCUT2D eigenvalue weighted by Gasteiger charge is 2.64. The van der Waals surface area contributed by atoms with Crippen LogP contribution >= 0.6 is 0 Å². The molecule has 1 aromatic carbocycles. The molecule has 2 aromatic rings. The molecule has 0 radical (unpaired) electrons. The van der Waals surface area contributed by atoms with Crippen molar-refractivity contribution < 1.29 is 50.6 Å². The second-order valence-corrected chi connectivity index (χ2v) is 20.0. The number of carbonyl (C=O) groups is 4. The number of fused-ring (bicyclic) bond motifs is 3. The lowest BCUT2D eigenvalue weighted by Crippen LogP contribution is -2.66. The molecule has 0 bridgehead atoms. The van der Waals surface area contributed by atoms with Gasteiger partial charge in [0.25, 0.3) is 11.5 Å². The Morgan fingerprint density at radius 1 is 1.08 bits per heavy atom. The average molecular weight is 851 g/mol. The molecule has 0 unspecified atom stereocenters. The number of sulfonamides is 1. The standard InChI is InChI=1S/C40H53F3N6O9S/c1-22(2)49-33(51)28-15-11-10-14-27(28)32(45-49)58-26-19-29-31(50)44-39(35(53)46-59(56,57)38(7)16-17-38)20-25(39)13-9-8-12-23(3)18-24(4)30(34(52)47(29)21-26)48(36(54)55)37(5,6)40(41,42)43/h9-11,13-15,22-26,29-30H,8,12,16-21H2,1-7H3,(H,44,50)(H,46,53)(H,54,55)/t23-,24+,25+,26+,29-,30-,39+/m0/s1. The van der Waals surface area contributed by atoms with E-state index in [1.165, 1.54) is 18.5 Å². The highest BCUT2D eigenvalue weighted by molar-refractivity contribution is 7.91. The fraction of sp³-hybridized carbons (Fsp3) is 0.650. The van der Waals surface area contributed by atoms with Gasteiger partial charge in [0, 0.05) is 12.3 Å². The van der Waals surface area contributed by atoms with Crippen molar-refractivity contribution in [3.8, 4) is 5.88 Å². The third-order valence-corrected chi connectivity index (χ3v) is 14.7. The van der Waals surface area contributed by atoms with Crippen molar-refractivity contribution in [2.24, 2.45) is 17.8 Å². The summed E-state index contributed by atoms with van der Waals surface area (Å²) in [5.41, 5.74) is -5.19. The van der Waals surface area contributed by atoms with Crippen molar-refractivity contribution in [3.63, 3.8) is 0 Å². The van der Waals surface area contributed by atoms with E-state index in [1.54, 1.807) is 50.3 Å². The van der Waals surface area contributed by atoms with Crippen LogP contribution in [0.25, 0.3) is 10.8 Å². The monoisotopic (exact) mass is 850 g/mol. The molecule has 2 aliphatic carbocycles. The molecule has 2 saturated carbocycles. The number of hydrogen-bond acceptors (Lipinski definition) is 9. The minimum Gasteiger partial charge on any atom is -0.471 e. The second kappa shape index (κ2) is 15.4. The van der Waals surface area contributed by atoms with Crippen LogP contribution in [0.3, 0.4) is 0 Å². The van der Waals surface area contributed by atoms with Gasteiger partial charge in [0.1, 0.15) is 29.3 Å². The van der Waals surface area contributed by atoms with E-state index in [0.29, 0.717) is 44.9 Å². The maximum absolute atomic E-state index is 15.0. The number of rotatable bonds is 8. The molecule has 3 N–H and O–H groups in total. The zero-order valence-corrected chi connectivity index (χ0v) is 35.0. The number of aromatic nitrogens is 2. The zero-order valence-electron chi connectivity index (χ0n) is 34.2. The zero-order chi connectivity index (χ0) is 43.6. The first-order valence-electron chi connectivity index (χ1n) is 20.0. The summed E-state index contributed by atoms with van der Waals surface area (Å²) in [7, 11) is -4.14. The van der Waals surface area contributed by atoms with Crippen LogP contribution in [0.5, 0.6) is 5.88 Å². The summed E-state index contributed by atoms with van der Waals surface area (Å²) in [5.74, 6) is -4.78. The molecule has 3 fully saturated rings. The van der Waals surface area contributed by atoms with E-state index < -0.39 is 104 Å². The highest BCUT2D eigenvalue weighted by atomic mass is 32.2. The average Bonchev–Trinajstić information content (AvgIpc) is 4.02. The number of amides is 4. The Bertz CT molecular complexity index is 2220. The first-order chi connectivity index (χ1) is 27.3. The maximum atomic E-state index is 15.0.